The number of aromatic nitrogens is 4. The minimum absolute atomic E-state index is 0.00364. The van der Waals surface area contributed by atoms with Gasteiger partial charge in [0.2, 0.25) is 17.7 Å². The van der Waals surface area contributed by atoms with Crippen molar-refractivity contribution in [3.63, 3.8) is 0 Å². The Bertz CT molecular complexity index is 1260. The van der Waals surface area contributed by atoms with E-state index in [1.165, 1.54) is 44.1 Å². The summed E-state index contributed by atoms with van der Waals surface area (Å²) in [5.41, 5.74) is 7.25. The van der Waals surface area contributed by atoms with Crippen molar-refractivity contribution in [3.05, 3.63) is 66.3 Å². The Kier molecular flexibility index (Phi) is 10.3. The molecule has 5 unspecified atom stereocenters. The molecule has 0 saturated heterocycles. The van der Waals surface area contributed by atoms with E-state index in [0.29, 0.717) is 17.0 Å². The van der Waals surface area contributed by atoms with Gasteiger partial charge in [-0.2, -0.15) is 0 Å². The molecule has 0 saturated carbocycles. The van der Waals surface area contributed by atoms with Gasteiger partial charge >= 0.3 is 5.97 Å². The van der Waals surface area contributed by atoms with Crippen LogP contribution in [-0.4, -0.2) is 89.2 Å². The molecule has 15 heteroatoms. The third-order valence-electron chi connectivity index (χ3n) is 6.04. The number of H-pyrrole nitrogens is 2. The van der Waals surface area contributed by atoms with Gasteiger partial charge in [0.15, 0.2) is 0 Å². The van der Waals surface area contributed by atoms with Gasteiger partial charge in [-0.1, -0.05) is 12.1 Å². The SMILES string of the molecule is CC(O)C(N)C(=O)NC(Cc1cnc[nH]1)C(=O)NC(Cc1ccc(O)cc1)C(=O)NC(Cc1cnc[nH]1)C(=O)O. The Morgan fingerprint density at radius 2 is 1.30 bits per heavy atom. The number of phenols is 1. The van der Waals surface area contributed by atoms with Crippen LogP contribution in [0.4, 0.5) is 0 Å². The minimum Gasteiger partial charge on any atom is -0.508 e. The number of hydrogen-bond donors (Lipinski definition) is 9. The van der Waals surface area contributed by atoms with E-state index in [1.54, 1.807) is 12.1 Å². The fourth-order valence-electron chi connectivity index (χ4n) is 3.75. The van der Waals surface area contributed by atoms with E-state index in [1.807, 2.05) is 0 Å². The lowest BCUT2D eigenvalue weighted by Gasteiger charge is -2.25. The van der Waals surface area contributed by atoms with E-state index in [-0.39, 0.29) is 25.0 Å². The summed E-state index contributed by atoms with van der Waals surface area (Å²) >= 11 is 0. The molecule has 0 aliphatic carbocycles. The number of carbonyl (C=O) groups excluding carboxylic acids is 3. The molecule has 15 nitrogen and oxygen atoms in total. The largest absolute Gasteiger partial charge is 0.508 e. The van der Waals surface area contributed by atoms with Crippen LogP contribution < -0.4 is 21.7 Å². The number of aromatic hydroxyl groups is 1. The average Bonchev–Trinajstić information content (AvgIpc) is 3.62. The molecule has 10 N–H and O–H groups in total. The fraction of sp³-hybridized carbons (Fsp3) is 0.360. The summed E-state index contributed by atoms with van der Waals surface area (Å²) in [6.07, 6.45) is 4.26. The molecule has 3 amide bonds. The van der Waals surface area contributed by atoms with Crippen molar-refractivity contribution in [2.45, 2.75) is 56.5 Å². The van der Waals surface area contributed by atoms with Crippen LogP contribution in [0.15, 0.2) is 49.3 Å². The molecule has 3 aromatic rings. The minimum atomic E-state index is -1.34. The second kappa shape index (κ2) is 13.9. The van der Waals surface area contributed by atoms with Gasteiger partial charge in [-0.05, 0) is 24.6 Å². The number of benzene rings is 1. The van der Waals surface area contributed by atoms with Crippen molar-refractivity contribution in [1.82, 2.24) is 35.9 Å². The monoisotopic (exact) mass is 556 g/mol. The molecule has 0 spiro atoms. The zero-order valence-electron chi connectivity index (χ0n) is 21.6. The summed E-state index contributed by atoms with van der Waals surface area (Å²) in [6, 6.07) is 0.759. The van der Waals surface area contributed by atoms with Crippen LogP contribution in [0.3, 0.4) is 0 Å². The van der Waals surface area contributed by atoms with Gasteiger partial charge in [-0.25, -0.2) is 14.8 Å². The highest BCUT2D eigenvalue weighted by Gasteiger charge is 2.31. The maximum atomic E-state index is 13.4. The van der Waals surface area contributed by atoms with Crippen molar-refractivity contribution in [2.24, 2.45) is 5.73 Å². The highest BCUT2D eigenvalue weighted by molar-refractivity contribution is 5.94. The molecule has 3 rings (SSSR count). The highest BCUT2D eigenvalue weighted by atomic mass is 16.4. The van der Waals surface area contributed by atoms with Crippen LogP contribution >= 0.6 is 0 Å². The van der Waals surface area contributed by atoms with Crippen molar-refractivity contribution >= 4 is 23.7 Å². The van der Waals surface area contributed by atoms with Gasteiger partial charge in [-0.15, -0.1) is 0 Å². The van der Waals surface area contributed by atoms with Crippen LogP contribution in [0.2, 0.25) is 0 Å². The Balaban J connectivity index is 1.83. The Morgan fingerprint density at radius 1 is 0.825 bits per heavy atom. The summed E-state index contributed by atoms with van der Waals surface area (Å²) in [6.45, 7) is 1.33. The second-order valence-corrected chi connectivity index (χ2v) is 9.22. The number of nitrogens with one attached hydrogen (secondary N) is 5. The van der Waals surface area contributed by atoms with Crippen LogP contribution in [0.1, 0.15) is 23.9 Å². The maximum absolute atomic E-state index is 13.4. The van der Waals surface area contributed by atoms with Crippen molar-refractivity contribution in [2.75, 3.05) is 0 Å². The average molecular weight is 557 g/mol. The van der Waals surface area contributed by atoms with Gasteiger partial charge < -0.3 is 47.0 Å². The zero-order valence-corrected chi connectivity index (χ0v) is 21.6. The number of amides is 3. The lowest BCUT2D eigenvalue weighted by Crippen LogP contribution is -2.59. The summed E-state index contributed by atoms with van der Waals surface area (Å²) in [4.78, 5) is 64.5. The third kappa shape index (κ3) is 8.64. The van der Waals surface area contributed by atoms with E-state index < -0.39 is 54.0 Å². The van der Waals surface area contributed by atoms with Crippen LogP contribution in [0, 0.1) is 0 Å². The van der Waals surface area contributed by atoms with Crippen molar-refractivity contribution in [3.8, 4) is 5.75 Å². The predicted molar refractivity (Wildman–Crippen MR) is 139 cm³/mol. The number of carbonyl (C=O) groups is 4. The van der Waals surface area contributed by atoms with Crippen LogP contribution in [0.5, 0.6) is 5.75 Å². The van der Waals surface area contributed by atoms with E-state index in [2.05, 4.69) is 35.9 Å². The fourth-order valence-corrected chi connectivity index (χ4v) is 3.75. The van der Waals surface area contributed by atoms with Gasteiger partial charge in [-0.3, -0.25) is 14.4 Å². The molecule has 1 aromatic carbocycles. The smallest absolute Gasteiger partial charge is 0.326 e. The molecule has 2 aromatic heterocycles. The highest BCUT2D eigenvalue weighted by Crippen LogP contribution is 2.12. The quantitative estimate of drug-likeness (QED) is 0.107. The molecular formula is C25H32N8O7. The Labute approximate surface area is 228 Å². The molecule has 40 heavy (non-hydrogen) atoms. The van der Waals surface area contributed by atoms with Gasteiger partial charge in [0.25, 0.3) is 0 Å². The molecule has 0 radical (unpaired) electrons. The molecule has 0 aliphatic heterocycles. The number of nitrogens with zero attached hydrogens (tertiary/aromatic N) is 2. The number of aliphatic hydroxyl groups is 1. The van der Waals surface area contributed by atoms with Crippen LogP contribution in [-0.2, 0) is 38.4 Å². The van der Waals surface area contributed by atoms with Gasteiger partial charge in [0, 0.05) is 43.0 Å². The zero-order chi connectivity index (χ0) is 29.2. The first-order valence-electron chi connectivity index (χ1n) is 12.3. The molecule has 5 atom stereocenters. The topological polar surface area (TPSA) is 248 Å². The molecule has 0 aliphatic rings. The number of nitrogens with two attached hydrogens (primary N) is 1. The number of aliphatic hydroxyl groups excluding tert-OH is 1. The second-order valence-electron chi connectivity index (χ2n) is 9.22. The number of carboxylic acid groups (broad SMARTS) is 1. The number of imidazole rings is 2. The first-order chi connectivity index (χ1) is 19.0. The number of phenolic OH excluding ortho intramolecular Hbond substituents is 1. The molecule has 0 fully saturated rings. The van der Waals surface area contributed by atoms with Crippen molar-refractivity contribution in [1.29, 1.82) is 0 Å². The van der Waals surface area contributed by atoms with E-state index in [9.17, 15) is 34.5 Å². The number of rotatable bonds is 14. The Morgan fingerprint density at radius 3 is 1.77 bits per heavy atom. The van der Waals surface area contributed by atoms with Gasteiger partial charge in [0.1, 0.15) is 29.9 Å². The third-order valence-corrected chi connectivity index (χ3v) is 6.04. The van der Waals surface area contributed by atoms with Crippen molar-refractivity contribution < 1.29 is 34.5 Å². The van der Waals surface area contributed by atoms with Gasteiger partial charge in [0.05, 0.1) is 18.8 Å². The van der Waals surface area contributed by atoms with Crippen LogP contribution in [0.25, 0.3) is 0 Å². The Hall–Kier alpha value is -4.76. The molecule has 214 valence electrons. The van der Waals surface area contributed by atoms with E-state index in [4.69, 9.17) is 5.73 Å². The summed E-state index contributed by atoms with van der Waals surface area (Å²) in [7, 11) is 0. The summed E-state index contributed by atoms with van der Waals surface area (Å²) in [5.74, 6) is -3.65. The number of aliphatic carboxylic acids is 1. The lowest BCUT2D eigenvalue weighted by atomic mass is 10.0. The number of hydrogen-bond acceptors (Lipinski definition) is 9. The predicted octanol–water partition coefficient (Wildman–Crippen LogP) is -1.89. The summed E-state index contributed by atoms with van der Waals surface area (Å²) < 4.78 is 0. The maximum Gasteiger partial charge on any atom is 0.326 e. The van der Waals surface area contributed by atoms with E-state index >= 15 is 0 Å². The first kappa shape index (κ1) is 29.8. The standard InChI is InChI=1S/C25H32N8O7/c1-13(34)21(26)24(38)32-19(7-15-9-27-11-29-15)23(37)31-18(6-14-2-4-17(35)5-3-14)22(36)33-20(25(39)40)8-16-10-28-12-30-16/h2-5,9-13,18-21,34-35H,6-8,26H2,1H3,(H,27,29)(H,28,30)(H,31,37)(H,32,38)(H,33,36)(H,39,40). The molecule has 0 bridgehead atoms. The number of carboxylic acids is 1. The summed E-state index contributed by atoms with van der Waals surface area (Å²) in [5, 5.41) is 36.5. The molecular weight excluding hydrogens is 524 g/mol. The number of aromatic amines is 2. The van der Waals surface area contributed by atoms with E-state index in [0.717, 1.165) is 0 Å². The molecule has 2 heterocycles. The normalized spacial score (nSPS) is 14.8. The first-order valence-corrected chi connectivity index (χ1v) is 12.3. The lowest BCUT2D eigenvalue weighted by molar-refractivity contribution is -0.142.